The summed E-state index contributed by atoms with van der Waals surface area (Å²) in [6.45, 7) is -0.0212. The number of carbonyl (C=O) groups is 1. The molecule has 0 radical (unpaired) electrons. The predicted octanol–water partition coefficient (Wildman–Crippen LogP) is 5.39. The Balaban J connectivity index is 1.47. The van der Waals surface area contributed by atoms with Crippen LogP contribution in [0.5, 0.6) is 0 Å². The van der Waals surface area contributed by atoms with E-state index in [1.54, 1.807) is 0 Å². The first-order valence-electron chi connectivity index (χ1n) is 10.8. The minimum absolute atomic E-state index is 0.0212. The number of nitrogens with one attached hydrogen (secondary N) is 1. The highest BCUT2D eigenvalue weighted by Crippen LogP contribution is 2.41. The summed E-state index contributed by atoms with van der Waals surface area (Å²) < 4.78 is 66.1. The van der Waals surface area contributed by atoms with Crippen LogP contribution in [0.25, 0.3) is 0 Å². The molecule has 2 aromatic heterocycles. The highest BCUT2D eigenvalue weighted by molar-refractivity contribution is 7.99. The maximum absolute atomic E-state index is 13.3. The van der Waals surface area contributed by atoms with Crippen molar-refractivity contribution in [3.8, 4) is 0 Å². The molecule has 0 spiro atoms. The second kappa shape index (κ2) is 11.3. The molecule has 15 heteroatoms. The summed E-state index contributed by atoms with van der Waals surface area (Å²) in [4.78, 5) is 22.5. The molecule has 0 amide bonds. The molecule has 0 bridgehead atoms. The largest absolute Gasteiger partial charge is 0.416 e. The van der Waals surface area contributed by atoms with Crippen LogP contribution in [0.3, 0.4) is 0 Å². The second-order valence-corrected chi connectivity index (χ2v) is 12.3. The van der Waals surface area contributed by atoms with E-state index in [0.717, 1.165) is 35.2 Å². The molecule has 1 aliphatic carbocycles. The third kappa shape index (κ3) is 7.42. The number of hydrogen-bond donors (Lipinski definition) is 2. The number of thiophene rings is 1. The number of benzene rings is 1. The van der Waals surface area contributed by atoms with Crippen molar-refractivity contribution in [2.45, 2.75) is 41.3 Å². The number of anilines is 1. The molecule has 1 saturated carbocycles. The summed E-state index contributed by atoms with van der Waals surface area (Å²) in [5, 5.41) is 8.10. The molecule has 0 aliphatic heterocycles. The van der Waals surface area contributed by atoms with Gasteiger partial charge in [-0.1, -0.05) is 29.4 Å². The third-order valence-electron chi connectivity index (χ3n) is 5.58. The Morgan fingerprint density at radius 1 is 1.30 bits per heavy atom. The molecule has 4 rings (SSSR count). The first-order valence-corrected chi connectivity index (χ1v) is 14.3. The van der Waals surface area contributed by atoms with E-state index in [0.29, 0.717) is 34.9 Å². The quantitative estimate of drug-likeness (QED) is 0.317. The number of carbonyl (C=O) groups excluding carboxylic acids is 1. The molecule has 37 heavy (non-hydrogen) atoms. The number of alkyl halides is 3. The Morgan fingerprint density at radius 3 is 2.81 bits per heavy atom. The Labute approximate surface area is 224 Å². The number of rotatable bonds is 9. The van der Waals surface area contributed by atoms with Crippen molar-refractivity contribution in [1.29, 1.82) is 0 Å². The van der Waals surface area contributed by atoms with Crippen molar-refractivity contribution in [1.82, 2.24) is 9.97 Å². The topological polar surface area (TPSA) is 124 Å². The summed E-state index contributed by atoms with van der Waals surface area (Å²) in [5.74, 6) is -0.101. The summed E-state index contributed by atoms with van der Waals surface area (Å²) in [6.07, 6.45) is 0.210. The zero-order valence-electron chi connectivity index (χ0n) is 18.9. The van der Waals surface area contributed by atoms with Crippen molar-refractivity contribution in [2.24, 2.45) is 11.1 Å². The molecule has 0 saturated heterocycles. The molecule has 1 aliphatic rings. The molecule has 8 nitrogen and oxygen atoms in total. The lowest BCUT2D eigenvalue weighted by atomic mass is 10.1. The summed E-state index contributed by atoms with van der Waals surface area (Å²) in [5.41, 5.74) is -0.567. The predicted molar refractivity (Wildman–Crippen MR) is 134 cm³/mol. The van der Waals surface area contributed by atoms with E-state index in [1.807, 2.05) is 0 Å². The van der Waals surface area contributed by atoms with Crippen molar-refractivity contribution in [3.63, 3.8) is 0 Å². The SMILES string of the molecule is NS(=O)(=O)OCC1CC[C@H](Nc2ncncc2C(=O)c2cc(Sc3cccc(C(F)(F)F)c3)c(Cl)s2)C1. The van der Waals surface area contributed by atoms with Crippen LogP contribution in [-0.2, 0) is 20.7 Å². The van der Waals surface area contributed by atoms with Crippen LogP contribution in [-0.4, -0.2) is 36.8 Å². The van der Waals surface area contributed by atoms with E-state index < -0.39 is 27.8 Å². The van der Waals surface area contributed by atoms with Crippen molar-refractivity contribution >= 4 is 56.6 Å². The standard InChI is InChI=1S/C22H20ClF3N4O4S3/c23-20-18(35-15-3-1-2-13(7-15)22(24,25)26)8-17(36-20)19(31)16-9-28-11-29-21(16)30-14-5-4-12(6-14)10-34-37(27,32)33/h1-3,7-9,11-12,14H,4-6,10H2,(H2,27,32,33)(H,28,29,30)/t12?,14-/m0/s1. The van der Waals surface area contributed by atoms with Gasteiger partial charge in [-0.3, -0.25) is 8.98 Å². The molecule has 2 atom stereocenters. The number of halogens is 4. The molecule has 3 N–H and O–H groups in total. The zero-order chi connectivity index (χ0) is 26.8. The van der Waals surface area contributed by atoms with Crippen LogP contribution in [0.15, 0.2) is 52.6 Å². The van der Waals surface area contributed by atoms with Gasteiger partial charge < -0.3 is 5.32 Å². The lowest BCUT2D eigenvalue weighted by Crippen LogP contribution is -2.22. The van der Waals surface area contributed by atoms with Gasteiger partial charge in [0.1, 0.15) is 16.5 Å². The highest BCUT2D eigenvalue weighted by atomic mass is 35.5. The fraction of sp³-hybridized carbons (Fsp3) is 0.318. The highest BCUT2D eigenvalue weighted by Gasteiger charge is 2.31. The lowest BCUT2D eigenvalue weighted by Gasteiger charge is -2.15. The normalized spacial score (nSPS) is 18.2. The van der Waals surface area contributed by atoms with Crippen LogP contribution in [0.4, 0.5) is 19.0 Å². The summed E-state index contributed by atoms with van der Waals surface area (Å²) in [7, 11) is -4.01. The fourth-order valence-corrected chi connectivity index (χ4v) is 6.58. The zero-order valence-corrected chi connectivity index (χ0v) is 22.1. The van der Waals surface area contributed by atoms with Crippen LogP contribution < -0.4 is 10.5 Å². The van der Waals surface area contributed by atoms with Gasteiger partial charge in [0, 0.05) is 22.0 Å². The van der Waals surface area contributed by atoms with E-state index in [2.05, 4.69) is 19.5 Å². The average molecular weight is 593 g/mol. The number of ketones is 1. The van der Waals surface area contributed by atoms with Crippen molar-refractivity contribution in [2.75, 3.05) is 11.9 Å². The molecule has 198 valence electrons. The fourth-order valence-electron chi connectivity index (χ4n) is 3.88. The first-order chi connectivity index (χ1) is 17.4. The number of nitrogens with zero attached hydrogens (tertiary/aromatic N) is 2. The minimum Gasteiger partial charge on any atom is -0.367 e. The maximum atomic E-state index is 13.3. The molecule has 1 fully saturated rings. The van der Waals surface area contributed by atoms with Gasteiger partial charge in [-0.2, -0.15) is 21.6 Å². The van der Waals surface area contributed by atoms with E-state index in [1.165, 1.54) is 30.7 Å². The number of nitrogens with two attached hydrogens (primary N) is 1. The van der Waals surface area contributed by atoms with Crippen molar-refractivity contribution in [3.05, 3.63) is 63.2 Å². The average Bonchev–Trinajstić information content (AvgIpc) is 3.43. The summed E-state index contributed by atoms with van der Waals surface area (Å²) in [6, 6.07) is 6.31. The first kappa shape index (κ1) is 27.8. The van der Waals surface area contributed by atoms with E-state index >= 15 is 0 Å². The monoisotopic (exact) mass is 592 g/mol. The van der Waals surface area contributed by atoms with E-state index in [4.69, 9.17) is 16.7 Å². The van der Waals surface area contributed by atoms with Gasteiger partial charge in [0.2, 0.25) is 5.78 Å². The Bertz CT molecular complexity index is 1400. The molecule has 1 unspecified atom stereocenters. The molecular weight excluding hydrogens is 573 g/mol. The van der Waals surface area contributed by atoms with Crippen LogP contribution >= 0.6 is 34.7 Å². The second-order valence-electron chi connectivity index (χ2n) is 8.29. The van der Waals surface area contributed by atoms with Crippen LogP contribution in [0.1, 0.15) is 40.1 Å². The molecule has 3 aromatic rings. The Morgan fingerprint density at radius 2 is 2.08 bits per heavy atom. The van der Waals surface area contributed by atoms with E-state index in [9.17, 15) is 26.4 Å². The van der Waals surface area contributed by atoms with Crippen molar-refractivity contribution < 1.29 is 30.6 Å². The van der Waals surface area contributed by atoms with Gasteiger partial charge in [-0.15, -0.1) is 11.3 Å². The van der Waals surface area contributed by atoms with Gasteiger partial charge in [0.05, 0.1) is 22.6 Å². The van der Waals surface area contributed by atoms with Gasteiger partial charge >= 0.3 is 16.5 Å². The van der Waals surface area contributed by atoms with Gasteiger partial charge in [0.25, 0.3) is 0 Å². The van der Waals surface area contributed by atoms with Crippen LogP contribution in [0.2, 0.25) is 4.34 Å². The number of aromatic nitrogens is 2. The maximum Gasteiger partial charge on any atom is 0.416 e. The van der Waals surface area contributed by atoms with Gasteiger partial charge in [0.15, 0.2) is 0 Å². The summed E-state index contributed by atoms with van der Waals surface area (Å²) >= 11 is 8.37. The molecule has 1 aromatic carbocycles. The van der Waals surface area contributed by atoms with Gasteiger partial charge in [-0.05, 0) is 49.4 Å². The number of hydrogen-bond acceptors (Lipinski definition) is 9. The third-order valence-corrected chi connectivity index (χ3v) is 8.67. The smallest absolute Gasteiger partial charge is 0.367 e. The van der Waals surface area contributed by atoms with Gasteiger partial charge in [-0.25, -0.2) is 15.1 Å². The molecular formula is C22H20ClF3N4O4S3. The van der Waals surface area contributed by atoms with Crippen LogP contribution in [0, 0.1) is 5.92 Å². The van der Waals surface area contributed by atoms with E-state index in [-0.39, 0.29) is 33.3 Å². The minimum atomic E-state index is -4.47. The Kier molecular flexibility index (Phi) is 8.45. The lowest BCUT2D eigenvalue weighted by molar-refractivity contribution is -0.137. The molecule has 2 heterocycles. The Hall–Kier alpha value is -2.23.